The first-order valence-corrected chi connectivity index (χ1v) is 7.49. The molecule has 2 rings (SSSR count). The lowest BCUT2D eigenvalue weighted by molar-refractivity contribution is -0.144. The predicted octanol–water partition coefficient (Wildman–Crippen LogP) is 1.58. The molecule has 6 nitrogen and oxygen atoms in total. The number of amides is 2. The van der Waals surface area contributed by atoms with Crippen LogP contribution in [0.15, 0.2) is 16.7 Å². The number of aromatic nitrogens is 1. The van der Waals surface area contributed by atoms with Gasteiger partial charge in [-0.2, -0.15) is 0 Å². The molecule has 1 fully saturated rings. The van der Waals surface area contributed by atoms with Crippen LogP contribution >= 0.6 is 15.9 Å². The molecule has 21 heavy (non-hydrogen) atoms. The van der Waals surface area contributed by atoms with Gasteiger partial charge in [-0.05, 0) is 35.8 Å². The van der Waals surface area contributed by atoms with Gasteiger partial charge in [0.2, 0.25) is 5.91 Å². The Kier molecular flexibility index (Phi) is 4.22. The Morgan fingerprint density at radius 3 is 2.71 bits per heavy atom. The smallest absolute Gasteiger partial charge is 0.258 e. The third-order valence-corrected chi connectivity index (χ3v) is 4.20. The fraction of sp³-hybridized carbons (Fsp3) is 0.500. The summed E-state index contributed by atoms with van der Waals surface area (Å²) in [7, 11) is 3.47. The van der Waals surface area contributed by atoms with Crippen LogP contribution in [0.4, 0.5) is 5.82 Å². The summed E-state index contributed by atoms with van der Waals surface area (Å²) in [5.74, 6) is 0.251. The molecule has 114 valence electrons. The molecule has 2 heterocycles. The van der Waals surface area contributed by atoms with Crippen molar-refractivity contribution in [1.82, 2.24) is 14.8 Å². The monoisotopic (exact) mass is 354 g/mol. The number of halogens is 1. The summed E-state index contributed by atoms with van der Waals surface area (Å²) in [6, 6.07) is 1.72. The van der Waals surface area contributed by atoms with Gasteiger partial charge in [0.05, 0.1) is 5.56 Å². The normalized spacial score (nSPS) is 17.9. The number of likely N-dealkylation sites (N-methyl/N-ethyl adjacent to an activating group) is 1. The van der Waals surface area contributed by atoms with Gasteiger partial charge in [-0.25, -0.2) is 4.98 Å². The molecule has 0 bridgehead atoms. The highest BCUT2D eigenvalue weighted by Gasteiger charge is 2.43. The number of nitrogens with one attached hydrogen (secondary N) is 1. The molecule has 0 spiro atoms. The van der Waals surface area contributed by atoms with E-state index >= 15 is 0 Å². The van der Waals surface area contributed by atoms with Crippen LogP contribution in [0.2, 0.25) is 0 Å². The zero-order chi connectivity index (χ0) is 15.8. The molecule has 1 aromatic rings. The maximum absolute atomic E-state index is 12.9. The summed E-state index contributed by atoms with van der Waals surface area (Å²) in [4.78, 5) is 32.6. The van der Waals surface area contributed by atoms with Crippen molar-refractivity contribution in [3.8, 4) is 0 Å². The Balaban J connectivity index is 2.40. The van der Waals surface area contributed by atoms with E-state index in [1.54, 1.807) is 50.0 Å². The second-order valence-electron chi connectivity index (χ2n) is 5.54. The van der Waals surface area contributed by atoms with Gasteiger partial charge in [-0.15, -0.1) is 0 Å². The largest absolute Gasteiger partial charge is 0.372 e. The van der Waals surface area contributed by atoms with Gasteiger partial charge in [0, 0.05) is 37.9 Å². The van der Waals surface area contributed by atoms with Gasteiger partial charge in [-0.1, -0.05) is 0 Å². The van der Waals surface area contributed by atoms with Crippen LogP contribution in [0.3, 0.4) is 0 Å². The molecule has 1 N–H and O–H groups in total. The minimum absolute atomic E-state index is 0.0592. The molecule has 1 aliphatic heterocycles. The molecule has 1 aliphatic rings. The second kappa shape index (κ2) is 5.63. The van der Waals surface area contributed by atoms with E-state index in [9.17, 15) is 9.59 Å². The van der Waals surface area contributed by atoms with Gasteiger partial charge in [-0.3, -0.25) is 9.59 Å². The average molecular weight is 355 g/mol. The van der Waals surface area contributed by atoms with Crippen molar-refractivity contribution in [3.63, 3.8) is 0 Å². The Hall–Kier alpha value is -1.63. The molecule has 0 atom stereocenters. The number of piperazine rings is 1. The highest BCUT2D eigenvalue weighted by molar-refractivity contribution is 9.10. The van der Waals surface area contributed by atoms with Crippen LogP contribution in [0.25, 0.3) is 0 Å². The highest BCUT2D eigenvalue weighted by atomic mass is 79.9. The van der Waals surface area contributed by atoms with Crippen molar-refractivity contribution in [1.29, 1.82) is 0 Å². The third kappa shape index (κ3) is 2.74. The number of nitrogens with zero attached hydrogens (tertiary/aromatic N) is 3. The number of carbonyl (C=O) groups is 2. The van der Waals surface area contributed by atoms with E-state index in [0.29, 0.717) is 24.5 Å². The van der Waals surface area contributed by atoms with Crippen molar-refractivity contribution in [2.75, 3.05) is 32.5 Å². The second-order valence-corrected chi connectivity index (χ2v) is 6.46. The van der Waals surface area contributed by atoms with Crippen LogP contribution in [0, 0.1) is 0 Å². The first-order chi connectivity index (χ1) is 9.78. The van der Waals surface area contributed by atoms with Gasteiger partial charge in [0.1, 0.15) is 11.4 Å². The lowest BCUT2D eigenvalue weighted by Gasteiger charge is -2.44. The van der Waals surface area contributed by atoms with Crippen LogP contribution < -0.4 is 5.32 Å². The van der Waals surface area contributed by atoms with E-state index in [2.05, 4.69) is 26.2 Å². The average Bonchev–Trinajstić information content (AvgIpc) is 2.44. The number of rotatable bonds is 2. The van der Waals surface area contributed by atoms with Crippen molar-refractivity contribution < 1.29 is 9.59 Å². The lowest BCUT2D eigenvalue weighted by atomic mass is 9.96. The van der Waals surface area contributed by atoms with E-state index in [0.717, 1.165) is 4.47 Å². The molecule has 0 saturated carbocycles. The number of pyridine rings is 1. The number of carbonyl (C=O) groups excluding carboxylic acids is 2. The molecule has 1 saturated heterocycles. The molecule has 0 aromatic carbocycles. The Morgan fingerprint density at radius 1 is 1.43 bits per heavy atom. The maximum Gasteiger partial charge on any atom is 0.258 e. The fourth-order valence-corrected chi connectivity index (χ4v) is 2.85. The first kappa shape index (κ1) is 15.8. The SMILES string of the molecule is CNc1ncc(Br)cc1C(=O)N1CCN(C)C(=O)C1(C)C. The Labute approximate surface area is 132 Å². The number of anilines is 1. The molecule has 7 heteroatoms. The van der Waals surface area contributed by atoms with Crippen LogP contribution in [0.5, 0.6) is 0 Å². The first-order valence-electron chi connectivity index (χ1n) is 6.70. The summed E-state index contributed by atoms with van der Waals surface area (Å²) in [5.41, 5.74) is -0.408. The summed E-state index contributed by atoms with van der Waals surface area (Å²) >= 11 is 3.33. The van der Waals surface area contributed by atoms with Crippen molar-refractivity contribution in [3.05, 3.63) is 22.3 Å². The molecule has 2 amide bonds. The lowest BCUT2D eigenvalue weighted by Crippen LogP contribution is -2.63. The van der Waals surface area contributed by atoms with E-state index in [4.69, 9.17) is 0 Å². The summed E-state index contributed by atoms with van der Waals surface area (Å²) < 4.78 is 0.725. The molecule has 0 aliphatic carbocycles. The van der Waals surface area contributed by atoms with Gasteiger partial charge in [0.15, 0.2) is 0 Å². The van der Waals surface area contributed by atoms with E-state index in [-0.39, 0.29) is 11.8 Å². The molecule has 0 radical (unpaired) electrons. The van der Waals surface area contributed by atoms with Crippen molar-refractivity contribution >= 4 is 33.6 Å². The fourth-order valence-electron chi connectivity index (χ4n) is 2.52. The Bertz CT molecular complexity index is 588. The van der Waals surface area contributed by atoms with Crippen LogP contribution in [-0.2, 0) is 4.79 Å². The summed E-state index contributed by atoms with van der Waals surface area (Å²) in [6.07, 6.45) is 1.63. The van der Waals surface area contributed by atoms with Gasteiger partial charge in [0.25, 0.3) is 5.91 Å². The predicted molar refractivity (Wildman–Crippen MR) is 84.2 cm³/mol. The molecular weight excluding hydrogens is 336 g/mol. The molecule has 1 aromatic heterocycles. The quantitative estimate of drug-likeness (QED) is 0.875. The van der Waals surface area contributed by atoms with E-state index in [1.807, 2.05) is 0 Å². The minimum atomic E-state index is -0.864. The molecule has 0 unspecified atom stereocenters. The highest BCUT2D eigenvalue weighted by Crippen LogP contribution is 2.27. The minimum Gasteiger partial charge on any atom is -0.372 e. The number of hydrogen-bond donors (Lipinski definition) is 1. The maximum atomic E-state index is 12.9. The van der Waals surface area contributed by atoms with Gasteiger partial charge < -0.3 is 15.1 Å². The topological polar surface area (TPSA) is 65.5 Å². The number of hydrogen-bond acceptors (Lipinski definition) is 4. The van der Waals surface area contributed by atoms with Crippen LogP contribution in [0.1, 0.15) is 24.2 Å². The van der Waals surface area contributed by atoms with E-state index < -0.39 is 5.54 Å². The van der Waals surface area contributed by atoms with Crippen LogP contribution in [-0.4, -0.2) is 59.3 Å². The third-order valence-electron chi connectivity index (χ3n) is 3.77. The van der Waals surface area contributed by atoms with Crippen molar-refractivity contribution in [2.24, 2.45) is 0 Å². The zero-order valence-electron chi connectivity index (χ0n) is 12.6. The van der Waals surface area contributed by atoms with Crippen molar-refractivity contribution in [2.45, 2.75) is 19.4 Å². The molecular formula is C14H19BrN4O2. The standard InChI is InChI=1S/C14H19BrN4O2/c1-14(2)13(21)18(4)5-6-19(14)12(20)10-7-9(15)8-17-11(10)16-3/h7-8H,5-6H2,1-4H3,(H,16,17). The summed E-state index contributed by atoms with van der Waals surface area (Å²) in [6.45, 7) is 4.58. The van der Waals surface area contributed by atoms with E-state index in [1.165, 1.54) is 0 Å². The Morgan fingerprint density at radius 2 is 2.10 bits per heavy atom. The zero-order valence-corrected chi connectivity index (χ0v) is 14.2. The van der Waals surface area contributed by atoms with Gasteiger partial charge >= 0.3 is 0 Å². The summed E-state index contributed by atoms with van der Waals surface area (Å²) in [5, 5.41) is 2.92.